The van der Waals surface area contributed by atoms with E-state index in [1.807, 2.05) is 0 Å². The quantitative estimate of drug-likeness (QED) is 0.463. The minimum Gasteiger partial charge on any atom is -0.462 e. The molecule has 1 aliphatic rings. The number of hydrogen-bond donors (Lipinski definition) is 0. The van der Waals surface area contributed by atoms with Crippen LogP contribution in [0.2, 0.25) is 0 Å². The molecule has 1 aliphatic heterocycles. The molecule has 0 aliphatic carbocycles. The predicted molar refractivity (Wildman–Crippen MR) is 41.0 cm³/mol. The highest BCUT2D eigenvalue weighted by Crippen LogP contribution is 2.27. The molecular formula is C8H12O4. The molecule has 0 fully saturated rings. The number of carbonyl (C=O) groups excluding carboxylic acids is 1. The molecule has 0 spiro atoms. The molecule has 1 rings (SSSR count). The van der Waals surface area contributed by atoms with Gasteiger partial charge in [0.05, 0.1) is 6.61 Å². The maximum atomic E-state index is 11.2. The second-order valence-electron chi connectivity index (χ2n) is 2.94. The lowest BCUT2D eigenvalue weighted by molar-refractivity contribution is -0.281. The lowest BCUT2D eigenvalue weighted by atomic mass is 10.0. The summed E-state index contributed by atoms with van der Waals surface area (Å²) < 4.78 is 4.79. The first kappa shape index (κ1) is 9.06. The van der Waals surface area contributed by atoms with Gasteiger partial charge in [0.15, 0.2) is 0 Å². The molecule has 0 bridgehead atoms. The fraction of sp³-hybridized carbons (Fsp3) is 0.625. The average Bonchev–Trinajstić information content (AvgIpc) is 2.30. The summed E-state index contributed by atoms with van der Waals surface area (Å²) in [5.74, 6) is -0.389. The van der Waals surface area contributed by atoms with Crippen LogP contribution in [0.4, 0.5) is 0 Å². The van der Waals surface area contributed by atoms with Crippen LogP contribution < -0.4 is 0 Å². The first-order valence-electron chi connectivity index (χ1n) is 3.80. The van der Waals surface area contributed by atoms with Gasteiger partial charge in [-0.25, -0.2) is 4.79 Å². The summed E-state index contributed by atoms with van der Waals surface area (Å²) in [6.45, 7) is 5.58. The van der Waals surface area contributed by atoms with Crippen molar-refractivity contribution < 1.29 is 19.3 Å². The Morgan fingerprint density at radius 2 is 2.33 bits per heavy atom. The van der Waals surface area contributed by atoms with Crippen molar-refractivity contribution in [3.8, 4) is 0 Å². The molecule has 4 heteroatoms. The molecule has 0 aromatic carbocycles. The summed E-state index contributed by atoms with van der Waals surface area (Å²) in [6, 6.07) is 0. The normalized spacial score (nSPS) is 19.8. The van der Waals surface area contributed by atoms with Crippen LogP contribution in [0, 0.1) is 0 Å². The van der Waals surface area contributed by atoms with Crippen LogP contribution in [0.5, 0.6) is 0 Å². The summed E-state index contributed by atoms with van der Waals surface area (Å²) >= 11 is 0. The van der Waals surface area contributed by atoms with Crippen LogP contribution in [-0.4, -0.2) is 18.2 Å². The van der Waals surface area contributed by atoms with Gasteiger partial charge in [-0.05, 0) is 20.8 Å². The Bertz CT molecular complexity index is 217. The largest absolute Gasteiger partial charge is 0.462 e. The summed E-state index contributed by atoms with van der Waals surface area (Å²) in [7, 11) is 0. The van der Waals surface area contributed by atoms with E-state index in [0.717, 1.165) is 0 Å². The molecule has 4 nitrogen and oxygen atoms in total. The molecule has 0 N–H and O–H groups in total. The molecule has 0 amide bonds. The SMILES string of the molecule is CCOC(=O)C1=COOC1(C)C. The van der Waals surface area contributed by atoms with E-state index >= 15 is 0 Å². The van der Waals surface area contributed by atoms with Crippen molar-refractivity contribution in [2.45, 2.75) is 26.4 Å². The lowest BCUT2D eigenvalue weighted by Crippen LogP contribution is -2.27. The van der Waals surface area contributed by atoms with Crippen LogP contribution in [-0.2, 0) is 19.3 Å². The fourth-order valence-electron chi connectivity index (χ4n) is 0.882. The van der Waals surface area contributed by atoms with Gasteiger partial charge >= 0.3 is 5.97 Å². The zero-order valence-electron chi connectivity index (χ0n) is 7.42. The topological polar surface area (TPSA) is 44.8 Å². The lowest BCUT2D eigenvalue weighted by Gasteiger charge is -2.15. The molecule has 0 saturated carbocycles. The van der Waals surface area contributed by atoms with Crippen molar-refractivity contribution in [1.82, 2.24) is 0 Å². The standard InChI is InChI=1S/C8H12O4/c1-4-10-7(9)6-5-11-12-8(6,2)3/h5H,4H2,1-3H3. The predicted octanol–water partition coefficient (Wildman–Crippen LogP) is 1.17. The zero-order valence-corrected chi connectivity index (χ0v) is 7.42. The number of ether oxygens (including phenoxy) is 1. The van der Waals surface area contributed by atoms with E-state index in [2.05, 4.69) is 4.89 Å². The van der Waals surface area contributed by atoms with Gasteiger partial charge in [-0.2, -0.15) is 4.89 Å². The molecule has 0 aromatic heterocycles. The van der Waals surface area contributed by atoms with Gasteiger partial charge in [0.1, 0.15) is 17.4 Å². The van der Waals surface area contributed by atoms with Crippen molar-refractivity contribution in [3.63, 3.8) is 0 Å². The highest BCUT2D eigenvalue weighted by Gasteiger charge is 2.37. The van der Waals surface area contributed by atoms with Crippen LogP contribution in [0.25, 0.3) is 0 Å². The van der Waals surface area contributed by atoms with E-state index in [9.17, 15) is 4.79 Å². The van der Waals surface area contributed by atoms with Gasteiger partial charge in [-0.1, -0.05) is 0 Å². The zero-order chi connectivity index (χ0) is 9.19. The van der Waals surface area contributed by atoms with Crippen molar-refractivity contribution in [2.24, 2.45) is 0 Å². The number of hydrogen-bond acceptors (Lipinski definition) is 4. The molecular weight excluding hydrogens is 160 g/mol. The molecule has 0 saturated heterocycles. The maximum Gasteiger partial charge on any atom is 0.340 e. The summed E-state index contributed by atoms with van der Waals surface area (Å²) in [6.07, 6.45) is 1.28. The summed E-state index contributed by atoms with van der Waals surface area (Å²) in [4.78, 5) is 20.6. The first-order chi connectivity index (χ1) is 5.58. The first-order valence-corrected chi connectivity index (χ1v) is 3.80. The molecule has 0 unspecified atom stereocenters. The number of esters is 1. The molecule has 1 heterocycles. The van der Waals surface area contributed by atoms with Crippen LogP contribution >= 0.6 is 0 Å². The molecule has 12 heavy (non-hydrogen) atoms. The van der Waals surface area contributed by atoms with Crippen molar-refractivity contribution in [3.05, 3.63) is 11.8 Å². The third-order valence-corrected chi connectivity index (χ3v) is 1.57. The minimum absolute atomic E-state index is 0.353. The smallest absolute Gasteiger partial charge is 0.340 e. The Labute approximate surface area is 71.0 Å². The maximum absolute atomic E-state index is 11.2. The Kier molecular flexibility index (Phi) is 2.38. The second-order valence-corrected chi connectivity index (χ2v) is 2.94. The molecule has 68 valence electrons. The minimum atomic E-state index is -0.702. The van der Waals surface area contributed by atoms with Crippen LogP contribution in [0.3, 0.4) is 0 Å². The van der Waals surface area contributed by atoms with E-state index in [4.69, 9.17) is 9.62 Å². The van der Waals surface area contributed by atoms with E-state index in [-0.39, 0.29) is 5.97 Å². The average molecular weight is 172 g/mol. The Hall–Kier alpha value is -1.03. The fourth-order valence-corrected chi connectivity index (χ4v) is 0.882. The third-order valence-electron chi connectivity index (χ3n) is 1.57. The number of rotatable bonds is 2. The van der Waals surface area contributed by atoms with Crippen LogP contribution in [0.15, 0.2) is 11.8 Å². The molecule has 0 atom stereocenters. The van der Waals surface area contributed by atoms with E-state index in [0.29, 0.717) is 12.2 Å². The van der Waals surface area contributed by atoms with Gasteiger partial charge in [-0.3, -0.25) is 0 Å². The van der Waals surface area contributed by atoms with Gasteiger partial charge in [0.25, 0.3) is 0 Å². The van der Waals surface area contributed by atoms with Gasteiger partial charge < -0.3 is 9.62 Å². The Morgan fingerprint density at radius 1 is 1.67 bits per heavy atom. The van der Waals surface area contributed by atoms with Crippen molar-refractivity contribution >= 4 is 5.97 Å². The van der Waals surface area contributed by atoms with Crippen molar-refractivity contribution in [2.75, 3.05) is 6.61 Å². The van der Waals surface area contributed by atoms with Gasteiger partial charge in [0.2, 0.25) is 0 Å². The molecule has 0 aromatic rings. The Morgan fingerprint density at radius 3 is 2.75 bits per heavy atom. The van der Waals surface area contributed by atoms with E-state index < -0.39 is 5.60 Å². The molecule has 0 radical (unpaired) electrons. The highest BCUT2D eigenvalue weighted by molar-refractivity contribution is 5.90. The summed E-state index contributed by atoms with van der Waals surface area (Å²) in [5, 5.41) is 0. The van der Waals surface area contributed by atoms with E-state index in [1.54, 1.807) is 20.8 Å². The second kappa shape index (κ2) is 3.15. The summed E-state index contributed by atoms with van der Waals surface area (Å²) in [5.41, 5.74) is -0.295. The third kappa shape index (κ3) is 1.58. The Balaban J connectivity index is 2.68. The van der Waals surface area contributed by atoms with Crippen molar-refractivity contribution in [1.29, 1.82) is 0 Å². The highest BCUT2D eigenvalue weighted by atomic mass is 17.2. The van der Waals surface area contributed by atoms with Gasteiger partial charge in [0, 0.05) is 0 Å². The van der Waals surface area contributed by atoms with E-state index in [1.165, 1.54) is 6.26 Å². The van der Waals surface area contributed by atoms with Gasteiger partial charge in [-0.15, -0.1) is 0 Å². The monoisotopic (exact) mass is 172 g/mol. The van der Waals surface area contributed by atoms with Crippen LogP contribution in [0.1, 0.15) is 20.8 Å². The number of carbonyl (C=O) groups is 1.